The van der Waals surface area contributed by atoms with Gasteiger partial charge >= 0.3 is 0 Å². The fourth-order valence-corrected chi connectivity index (χ4v) is 2.81. The SMILES string of the molecule is C=C(Br)[C@@H](CCc1ccccc1)[C@@H](O)c1ccccc1. The maximum Gasteiger partial charge on any atom is 0.0863 e. The Bertz CT molecular complexity index is 536. The van der Waals surface area contributed by atoms with Crippen LogP contribution in [0, 0.1) is 5.92 Å². The van der Waals surface area contributed by atoms with Crippen LogP contribution in [-0.2, 0) is 6.42 Å². The van der Waals surface area contributed by atoms with Gasteiger partial charge < -0.3 is 5.11 Å². The maximum absolute atomic E-state index is 10.5. The first kappa shape index (κ1) is 15.0. The number of benzene rings is 2. The van der Waals surface area contributed by atoms with Gasteiger partial charge in [-0.25, -0.2) is 0 Å². The highest BCUT2D eigenvalue weighted by Crippen LogP contribution is 2.33. The number of hydrogen-bond acceptors (Lipinski definition) is 1. The van der Waals surface area contributed by atoms with Crippen LogP contribution in [0.3, 0.4) is 0 Å². The summed E-state index contributed by atoms with van der Waals surface area (Å²) in [6.45, 7) is 3.97. The van der Waals surface area contributed by atoms with Crippen LogP contribution in [0.15, 0.2) is 71.7 Å². The monoisotopic (exact) mass is 330 g/mol. The fraction of sp³-hybridized carbons (Fsp3) is 0.222. The lowest BCUT2D eigenvalue weighted by atomic mass is 9.90. The van der Waals surface area contributed by atoms with Crippen LogP contribution in [0.5, 0.6) is 0 Å². The van der Waals surface area contributed by atoms with Crippen LogP contribution in [0.25, 0.3) is 0 Å². The van der Waals surface area contributed by atoms with E-state index in [9.17, 15) is 5.11 Å². The maximum atomic E-state index is 10.5. The number of aliphatic hydroxyl groups excluding tert-OH is 1. The quantitative estimate of drug-likeness (QED) is 0.800. The van der Waals surface area contributed by atoms with Gasteiger partial charge in [0.15, 0.2) is 0 Å². The van der Waals surface area contributed by atoms with E-state index in [2.05, 4.69) is 34.6 Å². The molecular weight excluding hydrogens is 312 g/mol. The largest absolute Gasteiger partial charge is 0.388 e. The van der Waals surface area contributed by atoms with Crippen LogP contribution < -0.4 is 0 Å². The lowest BCUT2D eigenvalue weighted by Crippen LogP contribution is -2.13. The molecule has 0 spiro atoms. The summed E-state index contributed by atoms with van der Waals surface area (Å²) in [5, 5.41) is 10.5. The molecule has 2 aromatic carbocycles. The van der Waals surface area contributed by atoms with Crippen molar-refractivity contribution in [2.45, 2.75) is 18.9 Å². The van der Waals surface area contributed by atoms with Crippen LogP contribution in [0.2, 0.25) is 0 Å². The molecule has 2 heteroatoms. The topological polar surface area (TPSA) is 20.2 Å². The van der Waals surface area contributed by atoms with Gasteiger partial charge in [0.2, 0.25) is 0 Å². The predicted molar refractivity (Wildman–Crippen MR) is 87.7 cm³/mol. The molecule has 0 radical (unpaired) electrons. The summed E-state index contributed by atoms with van der Waals surface area (Å²) in [5.74, 6) is 0.0117. The van der Waals surface area contributed by atoms with E-state index in [1.165, 1.54) is 5.56 Å². The van der Waals surface area contributed by atoms with Gasteiger partial charge in [0.05, 0.1) is 6.10 Å². The fourth-order valence-electron chi connectivity index (χ4n) is 2.34. The van der Waals surface area contributed by atoms with E-state index in [0.717, 1.165) is 22.9 Å². The van der Waals surface area contributed by atoms with Gasteiger partial charge in [-0.15, -0.1) is 0 Å². The Morgan fingerprint density at radius 3 is 2.10 bits per heavy atom. The van der Waals surface area contributed by atoms with Crippen molar-refractivity contribution in [3.8, 4) is 0 Å². The summed E-state index contributed by atoms with van der Waals surface area (Å²) in [7, 11) is 0. The van der Waals surface area contributed by atoms with Crippen molar-refractivity contribution in [2.75, 3.05) is 0 Å². The Labute approximate surface area is 129 Å². The number of aliphatic hydroxyl groups is 1. The summed E-state index contributed by atoms with van der Waals surface area (Å²) in [6, 6.07) is 20.1. The smallest absolute Gasteiger partial charge is 0.0863 e. The van der Waals surface area contributed by atoms with Gasteiger partial charge in [-0.2, -0.15) is 0 Å². The molecular formula is C18H19BrO. The van der Waals surface area contributed by atoms with Crippen molar-refractivity contribution >= 4 is 15.9 Å². The molecule has 0 aliphatic heterocycles. The Kier molecular flexibility index (Phi) is 5.57. The standard InChI is InChI=1S/C18H19BrO/c1-14(19)17(13-12-15-8-4-2-5-9-15)18(20)16-10-6-3-7-11-16/h2-11,17-18,20H,1,12-13H2/t17-,18+/m1/s1. The molecule has 20 heavy (non-hydrogen) atoms. The Morgan fingerprint density at radius 2 is 1.55 bits per heavy atom. The van der Waals surface area contributed by atoms with Gasteiger partial charge in [0.1, 0.15) is 0 Å². The van der Waals surface area contributed by atoms with Gasteiger partial charge in [-0.3, -0.25) is 0 Å². The molecule has 1 nitrogen and oxygen atoms in total. The van der Waals surface area contributed by atoms with E-state index >= 15 is 0 Å². The zero-order valence-electron chi connectivity index (χ0n) is 11.4. The third-order valence-electron chi connectivity index (χ3n) is 3.51. The zero-order valence-corrected chi connectivity index (χ0v) is 13.0. The number of aryl methyl sites for hydroxylation is 1. The molecule has 0 aliphatic carbocycles. The average Bonchev–Trinajstić information content (AvgIpc) is 2.49. The molecule has 2 aromatic rings. The van der Waals surface area contributed by atoms with Gasteiger partial charge in [-0.05, 0) is 28.5 Å². The molecule has 0 saturated carbocycles. The van der Waals surface area contributed by atoms with Crippen LogP contribution in [0.1, 0.15) is 23.7 Å². The summed E-state index contributed by atoms with van der Waals surface area (Å²) in [5.41, 5.74) is 2.22. The summed E-state index contributed by atoms with van der Waals surface area (Å²) < 4.78 is 0.852. The molecule has 1 N–H and O–H groups in total. The first-order chi connectivity index (χ1) is 9.68. The zero-order chi connectivity index (χ0) is 14.4. The number of rotatable bonds is 6. The average molecular weight is 331 g/mol. The highest BCUT2D eigenvalue weighted by Gasteiger charge is 2.22. The van der Waals surface area contributed by atoms with E-state index < -0.39 is 6.10 Å². The Balaban J connectivity index is 2.06. The van der Waals surface area contributed by atoms with Crippen molar-refractivity contribution in [2.24, 2.45) is 5.92 Å². The Hall–Kier alpha value is -1.38. The molecule has 0 fully saturated rings. The minimum Gasteiger partial charge on any atom is -0.388 e. The summed E-state index contributed by atoms with van der Waals surface area (Å²) >= 11 is 3.46. The second-order valence-electron chi connectivity index (χ2n) is 4.93. The number of halogens is 1. The van der Waals surface area contributed by atoms with Crippen LogP contribution >= 0.6 is 15.9 Å². The normalized spacial score (nSPS) is 13.7. The van der Waals surface area contributed by atoms with Crippen molar-refractivity contribution in [3.63, 3.8) is 0 Å². The minimum atomic E-state index is -0.521. The van der Waals surface area contributed by atoms with Gasteiger partial charge in [-0.1, -0.05) is 83.2 Å². The second-order valence-corrected chi connectivity index (χ2v) is 5.95. The van der Waals surface area contributed by atoms with Crippen LogP contribution in [-0.4, -0.2) is 5.11 Å². The molecule has 0 bridgehead atoms. The predicted octanol–water partition coefficient (Wildman–Crippen LogP) is 4.88. The molecule has 0 aromatic heterocycles. The van der Waals surface area contributed by atoms with E-state index in [0.29, 0.717) is 0 Å². The van der Waals surface area contributed by atoms with E-state index in [1.54, 1.807) is 0 Å². The molecule has 2 atom stereocenters. The summed E-state index contributed by atoms with van der Waals surface area (Å²) in [4.78, 5) is 0. The number of hydrogen-bond donors (Lipinski definition) is 1. The minimum absolute atomic E-state index is 0.0117. The van der Waals surface area contributed by atoms with Crippen molar-refractivity contribution in [1.29, 1.82) is 0 Å². The van der Waals surface area contributed by atoms with Crippen molar-refractivity contribution in [1.82, 2.24) is 0 Å². The van der Waals surface area contributed by atoms with Crippen molar-refractivity contribution in [3.05, 3.63) is 82.9 Å². The first-order valence-corrected chi connectivity index (χ1v) is 7.59. The lowest BCUT2D eigenvalue weighted by Gasteiger charge is -2.22. The van der Waals surface area contributed by atoms with Gasteiger partial charge in [0, 0.05) is 5.92 Å². The molecule has 0 saturated heterocycles. The molecule has 0 amide bonds. The van der Waals surface area contributed by atoms with Gasteiger partial charge in [0.25, 0.3) is 0 Å². The molecule has 0 unspecified atom stereocenters. The van der Waals surface area contributed by atoms with Crippen LogP contribution in [0.4, 0.5) is 0 Å². The molecule has 104 valence electrons. The second kappa shape index (κ2) is 7.41. The summed E-state index contributed by atoms with van der Waals surface area (Å²) in [6.07, 6.45) is 1.27. The first-order valence-electron chi connectivity index (χ1n) is 6.79. The van der Waals surface area contributed by atoms with E-state index in [1.807, 2.05) is 48.5 Å². The lowest BCUT2D eigenvalue weighted by molar-refractivity contribution is 0.126. The third kappa shape index (κ3) is 4.06. The highest BCUT2D eigenvalue weighted by molar-refractivity contribution is 9.11. The van der Waals surface area contributed by atoms with E-state index in [4.69, 9.17) is 0 Å². The third-order valence-corrected chi connectivity index (χ3v) is 4.10. The molecule has 2 rings (SSSR count). The molecule has 0 heterocycles. The molecule has 0 aliphatic rings. The van der Waals surface area contributed by atoms with Crippen molar-refractivity contribution < 1.29 is 5.11 Å². The highest BCUT2D eigenvalue weighted by atomic mass is 79.9. The Morgan fingerprint density at radius 1 is 1.00 bits per heavy atom. The van der Waals surface area contributed by atoms with E-state index in [-0.39, 0.29) is 5.92 Å².